The van der Waals surface area contributed by atoms with Crippen molar-refractivity contribution in [3.8, 4) is 0 Å². The normalized spacial score (nSPS) is 12.4. The lowest BCUT2D eigenvalue weighted by atomic mass is 9.98. The van der Waals surface area contributed by atoms with Crippen LogP contribution in [0.2, 0.25) is 5.02 Å². The van der Waals surface area contributed by atoms with Crippen LogP contribution in [0.15, 0.2) is 36.4 Å². The fraction of sp³-hybridized carbons (Fsp3) is 0.250. The molecule has 0 aromatic heterocycles. The molecule has 2 rings (SSSR count). The van der Waals surface area contributed by atoms with Gasteiger partial charge in [-0.3, -0.25) is 0 Å². The molecule has 2 aromatic rings. The summed E-state index contributed by atoms with van der Waals surface area (Å²) in [6.07, 6.45) is 0.418. The molecule has 0 amide bonds. The minimum Gasteiger partial charge on any atom is -0.310 e. The lowest BCUT2D eigenvalue weighted by Crippen LogP contribution is -2.24. The van der Waals surface area contributed by atoms with Gasteiger partial charge in [0.2, 0.25) is 0 Å². The molecule has 0 fully saturated rings. The van der Waals surface area contributed by atoms with E-state index in [0.717, 1.165) is 15.7 Å². The van der Waals surface area contributed by atoms with E-state index in [4.69, 9.17) is 11.6 Å². The highest BCUT2D eigenvalue weighted by atomic mass is 127. The molecule has 0 aliphatic heterocycles. The van der Waals surface area contributed by atoms with Crippen LogP contribution in [0.25, 0.3) is 0 Å². The van der Waals surface area contributed by atoms with Gasteiger partial charge in [-0.1, -0.05) is 30.7 Å². The molecule has 1 nitrogen and oxygen atoms in total. The maximum atomic E-state index is 14.0. The first-order valence-corrected chi connectivity index (χ1v) is 8.09. The highest BCUT2D eigenvalue weighted by molar-refractivity contribution is 14.1. The molecule has 2 aromatic carbocycles. The zero-order valence-corrected chi connectivity index (χ0v) is 14.4. The molecule has 112 valence electrons. The molecule has 0 saturated carbocycles. The number of nitrogens with one attached hydrogen (secondary N) is 1. The van der Waals surface area contributed by atoms with E-state index in [1.54, 1.807) is 18.2 Å². The maximum Gasteiger partial charge on any atom is 0.127 e. The minimum absolute atomic E-state index is 0.114. The van der Waals surface area contributed by atoms with Gasteiger partial charge in [-0.05, 0) is 65.4 Å². The Morgan fingerprint density at radius 1 is 1.24 bits per heavy atom. The molecular weight excluding hydrogens is 407 g/mol. The molecule has 1 N–H and O–H groups in total. The van der Waals surface area contributed by atoms with Gasteiger partial charge in [0.15, 0.2) is 0 Å². The summed E-state index contributed by atoms with van der Waals surface area (Å²) >= 11 is 8.19. The second-order valence-corrected chi connectivity index (χ2v) is 6.25. The van der Waals surface area contributed by atoms with Gasteiger partial charge in [-0.25, -0.2) is 8.78 Å². The topological polar surface area (TPSA) is 12.0 Å². The van der Waals surface area contributed by atoms with Gasteiger partial charge in [-0.15, -0.1) is 0 Å². The van der Waals surface area contributed by atoms with E-state index in [9.17, 15) is 8.78 Å². The fourth-order valence-electron chi connectivity index (χ4n) is 2.25. The smallest absolute Gasteiger partial charge is 0.127 e. The maximum absolute atomic E-state index is 14.0. The van der Waals surface area contributed by atoms with Crippen LogP contribution in [-0.4, -0.2) is 6.54 Å². The molecule has 21 heavy (non-hydrogen) atoms. The number of hydrogen-bond donors (Lipinski definition) is 1. The van der Waals surface area contributed by atoms with Crippen LogP contribution in [0, 0.1) is 15.2 Å². The van der Waals surface area contributed by atoms with Crippen LogP contribution in [0.5, 0.6) is 0 Å². The van der Waals surface area contributed by atoms with Crippen molar-refractivity contribution in [3.63, 3.8) is 0 Å². The average molecular weight is 422 g/mol. The Kier molecular flexibility index (Phi) is 5.96. The van der Waals surface area contributed by atoms with E-state index >= 15 is 0 Å². The van der Waals surface area contributed by atoms with Gasteiger partial charge < -0.3 is 5.32 Å². The third-order valence-corrected chi connectivity index (χ3v) is 4.55. The van der Waals surface area contributed by atoms with Crippen LogP contribution in [-0.2, 0) is 6.42 Å². The van der Waals surface area contributed by atoms with Crippen molar-refractivity contribution in [1.29, 1.82) is 0 Å². The summed E-state index contributed by atoms with van der Waals surface area (Å²) < 4.78 is 28.0. The molecule has 0 aliphatic rings. The first-order chi connectivity index (χ1) is 10.0. The van der Waals surface area contributed by atoms with Crippen LogP contribution in [0.4, 0.5) is 8.78 Å². The van der Waals surface area contributed by atoms with Gasteiger partial charge in [0, 0.05) is 20.2 Å². The zero-order valence-electron chi connectivity index (χ0n) is 11.5. The fourth-order valence-corrected chi connectivity index (χ4v) is 3.35. The lowest BCUT2D eigenvalue weighted by Gasteiger charge is -2.21. The van der Waals surface area contributed by atoms with Crippen molar-refractivity contribution in [3.05, 3.63) is 67.8 Å². The number of rotatable bonds is 5. The first-order valence-electron chi connectivity index (χ1n) is 6.64. The number of likely N-dealkylation sites (N-methyl/N-ethyl adjacent to an activating group) is 1. The summed E-state index contributed by atoms with van der Waals surface area (Å²) in [5.74, 6) is -0.593. The second-order valence-electron chi connectivity index (χ2n) is 4.68. The van der Waals surface area contributed by atoms with E-state index in [0.29, 0.717) is 17.0 Å². The molecule has 5 heteroatoms. The van der Waals surface area contributed by atoms with E-state index in [1.807, 2.05) is 6.92 Å². The second kappa shape index (κ2) is 7.51. The standard InChI is InChI=1S/C16H15ClF2IN/c1-2-21-16(11-7-6-10(18)8-15(11)20)9-12-13(17)4-3-5-14(12)19/h3-8,16,21H,2,9H2,1H3. The van der Waals surface area contributed by atoms with E-state index in [2.05, 4.69) is 27.9 Å². The van der Waals surface area contributed by atoms with E-state index in [-0.39, 0.29) is 17.7 Å². The summed E-state index contributed by atoms with van der Waals surface area (Å²) in [7, 11) is 0. The highest BCUT2D eigenvalue weighted by Gasteiger charge is 2.18. The highest BCUT2D eigenvalue weighted by Crippen LogP contribution is 2.28. The van der Waals surface area contributed by atoms with Crippen LogP contribution >= 0.6 is 34.2 Å². The summed E-state index contributed by atoms with van der Waals surface area (Å²) in [5, 5.41) is 3.72. The molecule has 1 unspecified atom stereocenters. The van der Waals surface area contributed by atoms with Crippen LogP contribution < -0.4 is 5.32 Å². The Morgan fingerprint density at radius 2 is 2.00 bits per heavy atom. The summed E-state index contributed by atoms with van der Waals surface area (Å²) in [4.78, 5) is 0. The van der Waals surface area contributed by atoms with Gasteiger partial charge in [0.25, 0.3) is 0 Å². The molecule has 0 bridgehead atoms. The Morgan fingerprint density at radius 3 is 2.62 bits per heavy atom. The molecular formula is C16H15ClF2IN. The van der Waals surface area contributed by atoms with Crippen LogP contribution in [0.1, 0.15) is 24.1 Å². The Hall–Kier alpha value is -0.720. The minimum atomic E-state index is -0.317. The predicted octanol–water partition coefficient (Wildman–Crippen LogP) is 5.12. The van der Waals surface area contributed by atoms with Crippen molar-refractivity contribution in [1.82, 2.24) is 5.32 Å². The molecule has 0 heterocycles. The first kappa shape index (κ1) is 16.6. The van der Waals surface area contributed by atoms with E-state index in [1.165, 1.54) is 18.2 Å². The van der Waals surface area contributed by atoms with Crippen molar-refractivity contribution < 1.29 is 8.78 Å². The number of benzene rings is 2. The van der Waals surface area contributed by atoms with Crippen LogP contribution in [0.3, 0.4) is 0 Å². The summed E-state index contributed by atoms with van der Waals surface area (Å²) in [5.41, 5.74) is 1.42. The Bertz CT molecular complexity index is 613. The molecule has 0 radical (unpaired) electrons. The molecule has 1 atom stereocenters. The van der Waals surface area contributed by atoms with Gasteiger partial charge >= 0.3 is 0 Å². The monoisotopic (exact) mass is 421 g/mol. The SMILES string of the molecule is CCNC(Cc1c(F)cccc1Cl)c1ccc(F)cc1I. The number of halogens is 4. The molecule has 0 aliphatic carbocycles. The third kappa shape index (κ3) is 4.14. The Balaban J connectivity index is 2.35. The van der Waals surface area contributed by atoms with Crippen molar-refractivity contribution >= 4 is 34.2 Å². The van der Waals surface area contributed by atoms with Gasteiger partial charge in [0.1, 0.15) is 11.6 Å². The Labute approximate surface area is 141 Å². The van der Waals surface area contributed by atoms with Crippen molar-refractivity contribution in [2.45, 2.75) is 19.4 Å². The molecule has 0 saturated heterocycles. The number of hydrogen-bond acceptors (Lipinski definition) is 1. The lowest BCUT2D eigenvalue weighted by molar-refractivity contribution is 0.524. The average Bonchev–Trinajstić information content (AvgIpc) is 2.42. The molecule has 0 spiro atoms. The third-order valence-electron chi connectivity index (χ3n) is 3.26. The van der Waals surface area contributed by atoms with Crippen molar-refractivity contribution in [2.75, 3.05) is 6.54 Å². The predicted molar refractivity (Wildman–Crippen MR) is 90.6 cm³/mol. The zero-order chi connectivity index (χ0) is 15.4. The van der Waals surface area contributed by atoms with Gasteiger partial charge in [0.05, 0.1) is 0 Å². The summed E-state index contributed by atoms with van der Waals surface area (Å²) in [6.45, 7) is 2.70. The summed E-state index contributed by atoms with van der Waals surface area (Å²) in [6, 6.07) is 9.19. The van der Waals surface area contributed by atoms with Crippen molar-refractivity contribution in [2.24, 2.45) is 0 Å². The largest absolute Gasteiger partial charge is 0.310 e. The van der Waals surface area contributed by atoms with E-state index < -0.39 is 0 Å². The van der Waals surface area contributed by atoms with Gasteiger partial charge in [-0.2, -0.15) is 0 Å². The quantitative estimate of drug-likeness (QED) is 0.661.